The quantitative estimate of drug-likeness (QED) is 0.451. The van der Waals surface area contributed by atoms with Crippen molar-refractivity contribution in [3.8, 4) is 0 Å². The summed E-state index contributed by atoms with van der Waals surface area (Å²) >= 11 is 0. The van der Waals surface area contributed by atoms with Crippen LogP contribution >= 0.6 is 0 Å². The van der Waals surface area contributed by atoms with Gasteiger partial charge in [0, 0.05) is 17.7 Å². The van der Waals surface area contributed by atoms with Crippen molar-refractivity contribution in [3.63, 3.8) is 0 Å². The molecule has 0 spiro atoms. The summed E-state index contributed by atoms with van der Waals surface area (Å²) in [6, 6.07) is 19.7. The van der Waals surface area contributed by atoms with E-state index in [-0.39, 0.29) is 11.3 Å². The molecule has 1 amide bonds. The molecular weight excluding hydrogens is 382 g/mol. The van der Waals surface area contributed by atoms with Gasteiger partial charge in [0.15, 0.2) is 5.84 Å². The molecule has 4 nitrogen and oxygen atoms in total. The highest BCUT2D eigenvalue weighted by atomic mass is 16.2. The fourth-order valence-electron chi connectivity index (χ4n) is 4.10. The Morgan fingerprint density at radius 1 is 1.03 bits per heavy atom. The third-order valence-corrected chi connectivity index (χ3v) is 5.23. The zero-order chi connectivity index (χ0) is 21.8. The van der Waals surface area contributed by atoms with E-state index < -0.39 is 0 Å². The van der Waals surface area contributed by atoms with E-state index in [1.807, 2.05) is 72.8 Å². The molecule has 1 aliphatic heterocycles. The molecule has 0 aromatic heterocycles. The third kappa shape index (κ3) is 4.97. The summed E-state index contributed by atoms with van der Waals surface area (Å²) < 4.78 is 0. The smallest absolute Gasteiger partial charge is 0.265 e. The molecule has 0 atom stereocenters. The summed E-state index contributed by atoms with van der Waals surface area (Å²) in [5, 5.41) is 6.27. The van der Waals surface area contributed by atoms with Gasteiger partial charge in [0.2, 0.25) is 0 Å². The van der Waals surface area contributed by atoms with Crippen molar-refractivity contribution in [1.82, 2.24) is 5.01 Å². The van der Waals surface area contributed by atoms with Gasteiger partial charge in [0.25, 0.3) is 5.91 Å². The van der Waals surface area contributed by atoms with Gasteiger partial charge in [-0.1, -0.05) is 98.3 Å². The van der Waals surface area contributed by atoms with Gasteiger partial charge < -0.3 is 0 Å². The molecule has 0 radical (unpaired) electrons. The summed E-state index contributed by atoms with van der Waals surface area (Å²) in [5.74, 6) is 0.372. The van der Waals surface area contributed by atoms with E-state index in [1.54, 1.807) is 6.08 Å². The van der Waals surface area contributed by atoms with Crippen LogP contribution in [0.25, 0.3) is 6.08 Å². The Bertz CT molecular complexity index is 1120. The lowest BCUT2D eigenvalue weighted by Gasteiger charge is -2.28. The highest BCUT2D eigenvalue weighted by Crippen LogP contribution is 2.32. The normalized spacial score (nSPS) is 21.1. The largest absolute Gasteiger partial charge is 0.298 e. The van der Waals surface area contributed by atoms with Crippen molar-refractivity contribution in [2.75, 3.05) is 0 Å². The highest BCUT2D eigenvalue weighted by molar-refractivity contribution is 6.18. The molecule has 0 saturated carbocycles. The van der Waals surface area contributed by atoms with Crippen LogP contribution in [0, 0.1) is 5.41 Å². The predicted octanol–water partition coefficient (Wildman–Crippen LogP) is 6.00. The molecule has 156 valence electrons. The number of carbonyl (C=O) groups is 1. The maximum Gasteiger partial charge on any atom is 0.298 e. The van der Waals surface area contributed by atoms with Crippen molar-refractivity contribution in [2.24, 2.45) is 15.5 Å². The van der Waals surface area contributed by atoms with Crippen molar-refractivity contribution < 1.29 is 4.79 Å². The molecule has 1 heterocycles. The first kappa shape index (κ1) is 20.7. The molecule has 31 heavy (non-hydrogen) atoms. The number of nitrogens with zero attached hydrogens (tertiary/aromatic N) is 3. The Labute approximate surface area is 184 Å². The lowest BCUT2D eigenvalue weighted by Crippen LogP contribution is -2.31. The third-order valence-electron chi connectivity index (χ3n) is 5.23. The monoisotopic (exact) mass is 409 g/mol. The zero-order valence-electron chi connectivity index (χ0n) is 18.2. The van der Waals surface area contributed by atoms with Gasteiger partial charge >= 0.3 is 0 Å². The molecular formula is C27H27N3O. The van der Waals surface area contributed by atoms with E-state index in [4.69, 9.17) is 5.10 Å². The van der Waals surface area contributed by atoms with Crippen LogP contribution in [0.15, 0.2) is 100 Å². The second kappa shape index (κ2) is 8.68. The van der Waals surface area contributed by atoms with Gasteiger partial charge in [-0.25, -0.2) is 4.99 Å². The van der Waals surface area contributed by atoms with Crippen LogP contribution in [0.2, 0.25) is 0 Å². The maximum absolute atomic E-state index is 13.2. The average Bonchev–Trinajstić information content (AvgIpc) is 3.04. The summed E-state index contributed by atoms with van der Waals surface area (Å²) in [4.78, 5) is 17.9. The number of allylic oxidation sites excluding steroid dienone is 4. The summed E-state index contributed by atoms with van der Waals surface area (Å²) in [6.07, 6.45) is 9.48. The Morgan fingerprint density at radius 2 is 1.71 bits per heavy atom. The average molecular weight is 410 g/mol. The van der Waals surface area contributed by atoms with Gasteiger partial charge in [-0.15, -0.1) is 0 Å². The van der Waals surface area contributed by atoms with Crippen molar-refractivity contribution in [1.29, 1.82) is 0 Å². The zero-order valence-corrected chi connectivity index (χ0v) is 18.2. The number of rotatable bonds is 4. The van der Waals surface area contributed by atoms with Gasteiger partial charge in [-0.3, -0.25) is 4.79 Å². The second-order valence-electron chi connectivity index (χ2n) is 8.74. The van der Waals surface area contributed by atoms with Gasteiger partial charge in [0.1, 0.15) is 5.70 Å². The summed E-state index contributed by atoms with van der Waals surface area (Å²) in [6.45, 7) is 6.51. The van der Waals surface area contributed by atoms with Crippen molar-refractivity contribution >= 4 is 23.5 Å². The first-order valence-electron chi connectivity index (χ1n) is 10.6. The SMILES string of the molecule is CC1=CC(C)(C)CC(=NN2C(=O)C(=CC=Cc3ccccc3)N=C2c2ccccc2)C1. The topological polar surface area (TPSA) is 45.0 Å². The number of benzene rings is 2. The molecule has 0 N–H and O–H groups in total. The molecule has 4 heteroatoms. The first-order chi connectivity index (χ1) is 14.9. The van der Waals surface area contributed by atoms with E-state index >= 15 is 0 Å². The van der Waals surface area contributed by atoms with E-state index in [0.717, 1.165) is 29.7 Å². The minimum absolute atomic E-state index is 0.0328. The molecule has 2 aromatic carbocycles. The number of hydrogen-bond acceptors (Lipinski definition) is 3. The lowest BCUT2D eigenvalue weighted by atomic mass is 9.79. The Morgan fingerprint density at radius 3 is 2.39 bits per heavy atom. The standard InChI is InChI=1S/C27H27N3O/c1-20-17-23(19-27(2,3)18-20)29-30-25(22-14-8-5-9-15-22)28-24(26(30)31)16-10-13-21-11-6-4-7-12-21/h4-16,18H,17,19H2,1-3H3. The van der Waals surface area contributed by atoms with E-state index in [2.05, 4.69) is 31.8 Å². The fourth-order valence-corrected chi connectivity index (χ4v) is 4.10. The van der Waals surface area contributed by atoms with E-state index in [9.17, 15) is 4.79 Å². The Balaban J connectivity index is 1.68. The van der Waals surface area contributed by atoms with Crippen LogP contribution in [0.5, 0.6) is 0 Å². The minimum atomic E-state index is -0.200. The summed E-state index contributed by atoms with van der Waals surface area (Å²) in [7, 11) is 0. The molecule has 2 aromatic rings. The van der Waals surface area contributed by atoms with Crippen LogP contribution in [-0.4, -0.2) is 22.5 Å². The number of hydrogen-bond donors (Lipinski definition) is 0. The van der Waals surface area contributed by atoms with Crippen LogP contribution in [0.4, 0.5) is 0 Å². The first-order valence-corrected chi connectivity index (χ1v) is 10.6. The number of amides is 1. The molecule has 1 aliphatic carbocycles. The van der Waals surface area contributed by atoms with Crippen molar-refractivity contribution in [3.05, 3.63) is 101 Å². The van der Waals surface area contributed by atoms with E-state index in [0.29, 0.717) is 11.5 Å². The predicted molar refractivity (Wildman–Crippen MR) is 128 cm³/mol. The van der Waals surface area contributed by atoms with Crippen LogP contribution in [0.3, 0.4) is 0 Å². The lowest BCUT2D eigenvalue weighted by molar-refractivity contribution is -0.122. The van der Waals surface area contributed by atoms with Crippen LogP contribution in [0.1, 0.15) is 44.7 Å². The number of carbonyl (C=O) groups excluding carboxylic acids is 1. The van der Waals surface area contributed by atoms with Crippen LogP contribution < -0.4 is 0 Å². The van der Waals surface area contributed by atoms with Gasteiger partial charge in [0.05, 0.1) is 0 Å². The Kier molecular flexibility index (Phi) is 5.81. The maximum atomic E-state index is 13.2. The molecule has 0 saturated heterocycles. The van der Waals surface area contributed by atoms with Crippen molar-refractivity contribution in [2.45, 2.75) is 33.6 Å². The minimum Gasteiger partial charge on any atom is -0.265 e. The van der Waals surface area contributed by atoms with Gasteiger partial charge in [-0.05, 0) is 30.4 Å². The Hall–Kier alpha value is -3.53. The molecule has 0 unspecified atom stereocenters. The molecule has 4 rings (SSSR count). The van der Waals surface area contributed by atoms with E-state index in [1.165, 1.54) is 10.6 Å². The molecule has 2 aliphatic rings. The number of amidine groups is 1. The number of hydrazone groups is 1. The number of aliphatic imine (C=N–C) groups is 1. The van der Waals surface area contributed by atoms with Crippen LogP contribution in [-0.2, 0) is 4.79 Å². The van der Waals surface area contributed by atoms with Gasteiger partial charge in [-0.2, -0.15) is 10.1 Å². The second-order valence-corrected chi connectivity index (χ2v) is 8.74. The molecule has 0 bridgehead atoms. The fraction of sp³-hybridized carbons (Fsp3) is 0.222. The molecule has 0 fully saturated rings. The highest BCUT2D eigenvalue weighted by Gasteiger charge is 2.32. The summed E-state index contributed by atoms with van der Waals surface area (Å²) in [5.41, 5.74) is 4.64.